The molecule has 1 N–H and O–H groups in total. The molecule has 17 heavy (non-hydrogen) atoms. The molecule has 0 aromatic carbocycles. The van der Waals surface area contributed by atoms with Crippen LogP contribution in [0, 0.1) is 11.3 Å². The lowest BCUT2D eigenvalue weighted by Crippen LogP contribution is -2.49. The summed E-state index contributed by atoms with van der Waals surface area (Å²) >= 11 is 0. The van der Waals surface area contributed by atoms with Gasteiger partial charge in [-0.25, -0.2) is 0 Å². The standard InChI is InChI=1S/C15H31NO/c1-6-10-16(7-2)13-11-12(15(3,4)5)8-9-14(13)17/h12-14,17H,6-11H2,1-5H3. The maximum atomic E-state index is 10.2. The van der Waals surface area contributed by atoms with Gasteiger partial charge in [0.2, 0.25) is 0 Å². The minimum absolute atomic E-state index is 0.111. The van der Waals surface area contributed by atoms with Gasteiger partial charge < -0.3 is 5.11 Å². The van der Waals surface area contributed by atoms with Crippen molar-refractivity contribution in [3.05, 3.63) is 0 Å². The highest BCUT2D eigenvalue weighted by Gasteiger charge is 2.37. The van der Waals surface area contributed by atoms with Crippen LogP contribution in [-0.4, -0.2) is 35.2 Å². The molecule has 0 bridgehead atoms. The van der Waals surface area contributed by atoms with Crippen LogP contribution in [0.4, 0.5) is 0 Å². The van der Waals surface area contributed by atoms with Crippen LogP contribution in [0.25, 0.3) is 0 Å². The summed E-state index contributed by atoms with van der Waals surface area (Å²) in [5, 5.41) is 10.2. The minimum atomic E-state index is -0.111. The molecule has 0 spiro atoms. The Hall–Kier alpha value is -0.0800. The first-order valence-electron chi connectivity index (χ1n) is 7.32. The average molecular weight is 241 g/mol. The van der Waals surface area contributed by atoms with Gasteiger partial charge in [-0.3, -0.25) is 4.90 Å². The molecule has 0 amide bonds. The highest BCUT2D eigenvalue weighted by Crippen LogP contribution is 2.39. The van der Waals surface area contributed by atoms with E-state index in [4.69, 9.17) is 0 Å². The molecule has 0 heterocycles. The fourth-order valence-corrected chi connectivity index (χ4v) is 3.16. The molecule has 2 heteroatoms. The second-order valence-electron chi connectivity index (χ2n) is 6.64. The van der Waals surface area contributed by atoms with Gasteiger partial charge in [0.15, 0.2) is 0 Å². The lowest BCUT2D eigenvalue weighted by atomic mass is 9.70. The van der Waals surface area contributed by atoms with Crippen molar-refractivity contribution in [3.8, 4) is 0 Å². The lowest BCUT2D eigenvalue weighted by Gasteiger charge is -2.44. The van der Waals surface area contributed by atoms with Crippen LogP contribution < -0.4 is 0 Å². The first kappa shape index (κ1) is 15.0. The fraction of sp³-hybridized carbons (Fsp3) is 1.00. The van der Waals surface area contributed by atoms with E-state index in [2.05, 4.69) is 39.5 Å². The van der Waals surface area contributed by atoms with Crippen LogP contribution in [0.1, 0.15) is 60.3 Å². The Morgan fingerprint density at radius 3 is 2.29 bits per heavy atom. The van der Waals surface area contributed by atoms with E-state index < -0.39 is 0 Å². The molecule has 1 fully saturated rings. The van der Waals surface area contributed by atoms with Crippen molar-refractivity contribution in [1.29, 1.82) is 0 Å². The average Bonchev–Trinajstić information content (AvgIpc) is 2.25. The molecule has 1 aliphatic carbocycles. The zero-order chi connectivity index (χ0) is 13.1. The predicted octanol–water partition coefficient (Wildman–Crippen LogP) is 3.29. The van der Waals surface area contributed by atoms with Gasteiger partial charge in [-0.05, 0) is 50.1 Å². The summed E-state index contributed by atoms with van der Waals surface area (Å²) in [4.78, 5) is 2.47. The van der Waals surface area contributed by atoms with Gasteiger partial charge in [-0.2, -0.15) is 0 Å². The second kappa shape index (κ2) is 6.19. The Morgan fingerprint density at radius 1 is 1.18 bits per heavy atom. The summed E-state index contributed by atoms with van der Waals surface area (Å²) < 4.78 is 0. The molecule has 1 rings (SSSR count). The molecule has 0 aromatic heterocycles. The van der Waals surface area contributed by atoms with E-state index in [0.29, 0.717) is 11.5 Å². The van der Waals surface area contributed by atoms with Crippen molar-refractivity contribution in [2.24, 2.45) is 11.3 Å². The summed E-state index contributed by atoms with van der Waals surface area (Å²) in [5.41, 5.74) is 0.379. The van der Waals surface area contributed by atoms with Gasteiger partial charge in [0.1, 0.15) is 0 Å². The quantitative estimate of drug-likeness (QED) is 0.816. The largest absolute Gasteiger partial charge is 0.391 e. The number of likely N-dealkylation sites (N-methyl/N-ethyl adjacent to an activating group) is 1. The summed E-state index contributed by atoms with van der Waals surface area (Å²) in [7, 11) is 0. The Labute approximate surface area is 107 Å². The van der Waals surface area contributed by atoms with Crippen molar-refractivity contribution >= 4 is 0 Å². The van der Waals surface area contributed by atoms with Crippen molar-refractivity contribution in [2.45, 2.75) is 72.4 Å². The van der Waals surface area contributed by atoms with Crippen LogP contribution in [0.5, 0.6) is 0 Å². The number of aliphatic hydroxyl groups is 1. The topological polar surface area (TPSA) is 23.5 Å². The third-order valence-corrected chi connectivity index (χ3v) is 4.39. The molecule has 1 aliphatic rings. The van der Waals surface area contributed by atoms with Gasteiger partial charge in [-0.1, -0.05) is 34.6 Å². The zero-order valence-corrected chi connectivity index (χ0v) is 12.4. The third-order valence-electron chi connectivity index (χ3n) is 4.39. The van der Waals surface area contributed by atoms with E-state index >= 15 is 0 Å². The number of rotatable bonds is 4. The van der Waals surface area contributed by atoms with E-state index in [0.717, 1.165) is 25.4 Å². The van der Waals surface area contributed by atoms with Gasteiger partial charge in [0, 0.05) is 6.04 Å². The first-order chi connectivity index (χ1) is 7.90. The van der Waals surface area contributed by atoms with Crippen LogP contribution >= 0.6 is 0 Å². The third kappa shape index (κ3) is 3.96. The molecular formula is C15H31NO. The SMILES string of the molecule is CCCN(CC)C1CC(C(C)(C)C)CCC1O. The normalized spacial score (nSPS) is 30.9. The van der Waals surface area contributed by atoms with E-state index in [1.54, 1.807) is 0 Å². The number of aliphatic hydroxyl groups excluding tert-OH is 1. The zero-order valence-electron chi connectivity index (χ0n) is 12.4. The summed E-state index contributed by atoms with van der Waals surface area (Å²) in [6.07, 6.45) is 4.40. The Bertz CT molecular complexity index is 221. The molecule has 2 nitrogen and oxygen atoms in total. The van der Waals surface area contributed by atoms with Gasteiger partial charge in [-0.15, -0.1) is 0 Å². The molecule has 3 unspecified atom stereocenters. The molecule has 0 radical (unpaired) electrons. The predicted molar refractivity (Wildman–Crippen MR) is 74.1 cm³/mol. The van der Waals surface area contributed by atoms with Gasteiger partial charge in [0.05, 0.1) is 6.10 Å². The minimum Gasteiger partial charge on any atom is -0.391 e. The van der Waals surface area contributed by atoms with Crippen molar-refractivity contribution in [3.63, 3.8) is 0 Å². The van der Waals surface area contributed by atoms with Crippen molar-refractivity contribution in [1.82, 2.24) is 4.90 Å². The summed E-state index contributed by atoms with van der Waals surface area (Å²) in [6.45, 7) is 13.6. The van der Waals surface area contributed by atoms with E-state index in [1.807, 2.05) is 0 Å². The molecule has 1 saturated carbocycles. The molecule has 0 aliphatic heterocycles. The molecule has 0 saturated heterocycles. The summed E-state index contributed by atoms with van der Waals surface area (Å²) in [6, 6.07) is 0.387. The highest BCUT2D eigenvalue weighted by molar-refractivity contribution is 4.90. The maximum absolute atomic E-state index is 10.2. The maximum Gasteiger partial charge on any atom is 0.0695 e. The highest BCUT2D eigenvalue weighted by atomic mass is 16.3. The van der Waals surface area contributed by atoms with Crippen molar-refractivity contribution in [2.75, 3.05) is 13.1 Å². The van der Waals surface area contributed by atoms with E-state index in [1.165, 1.54) is 19.3 Å². The van der Waals surface area contributed by atoms with Crippen LogP contribution in [0.15, 0.2) is 0 Å². The number of nitrogens with zero attached hydrogens (tertiary/aromatic N) is 1. The number of hydrogen-bond acceptors (Lipinski definition) is 2. The monoisotopic (exact) mass is 241 g/mol. The molecule has 102 valence electrons. The molecular weight excluding hydrogens is 210 g/mol. The smallest absolute Gasteiger partial charge is 0.0695 e. The lowest BCUT2D eigenvalue weighted by molar-refractivity contribution is -0.0152. The Kier molecular flexibility index (Phi) is 5.46. The molecule has 3 atom stereocenters. The van der Waals surface area contributed by atoms with Crippen LogP contribution in [0.2, 0.25) is 0 Å². The molecule has 0 aromatic rings. The van der Waals surface area contributed by atoms with Gasteiger partial charge in [0.25, 0.3) is 0 Å². The number of hydrogen-bond donors (Lipinski definition) is 1. The second-order valence-corrected chi connectivity index (χ2v) is 6.64. The van der Waals surface area contributed by atoms with Crippen LogP contribution in [-0.2, 0) is 0 Å². The Morgan fingerprint density at radius 2 is 1.82 bits per heavy atom. The summed E-state index contributed by atoms with van der Waals surface area (Å²) in [5.74, 6) is 0.752. The first-order valence-corrected chi connectivity index (χ1v) is 7.32. The van der Waals surface area contributed by atoms with Crippen LogP contribution in [0.3, 0.4) is 0 Å². The van der Waals surface area contributed by atoms with Gasteiger partial charge >= 0.3 is 0 Å². The Balaban J connectivity index is 2.68. The fourth-order valence-electron chi connectivity index (χ4n) is 3.16. The van der Waals surface area contributed by atoms with Crippen molar-refractivity contribution < 1.29 is 5.11 Å². The van der Waals surface area contributed by atoms with E-state index in [9.17, 15) is 5.11 Å². The van der Waals surface area contributed by atoms with E-state index in [-0.39, 0.29) is 6.10 Å².